The van der Waals surface area contributed by atoms with Crippen molar-refractivity contribution in [1.29, 1.82) is 0 Å². The number of aryl methyl sites for hydroxylation is 1. The third-order valence-electron chi connectivity index (χ3n) is 2.78. The van der Waals surface area contributed by atoms with Crippen LogP contribution in [0.4, 0.5) is 0 Å². The highest BCUT2D eigenvalue weighted by atomic mass is 79.9. The van der Waals surface area contributed by atoms with E-state index in [2.05, 4.69) is 15.9 Å². The zero-order valence-electron chi connectivity index (χ0n) is 10.2. The summed E-state index contributed by atoms with van der Waals surface area (Å²) in [5, 5.41) is 0. The molecule has 0 N–H and O–H groups in total. The van der Waals surface area contributed by atoms with Crippen molar-refractivity contribution in [2.45, 2.75) is 6.92 Å². The van der Waals surface area contributed by atoms with Gasteiger partial charge in [-0.3, -0.25) is 4.79 Å². The van der Waals surface area contributed by atoms with Crippen molar-refractivity contribution >= 4 is 21.7 Å². The highest BCUT2D eigenvalue weighted by Gasteiger charge is 2.13. The number of ether oxygens (including phenoxy) is 1. The third-order valence-corrected chi connectivity index (χ3v) is 3.47. The number of hydrogen-bond donors (Lipinski definition) is 0. The summed E-state index contributed by atoms with van der Waals surface area (Å²) in [6, 6.07) is 12.9. The van der Waals surface area contributed by atoms with Gasteiger partial charge in [0.25, 0.3) is 0 Å². The summed E-state index contributed by atoms with van der Waals surface area (Å²) < 4.78 is 6.00. The zero-order chi connectivity index (χ0) is 13.1. The van der Waals surface area contributed by atoms with Gasteiger partial charge in [-0.25, -0.2) is 0 Å². The van der Waals surface area contributed by atoms with E-state index in [1.165, 1.54) is 0 Å². The highest BCUT2D eigenvalue weighted by Crippen LogP contribution is 2.23. The van der Waals surface area contributed by atoms with Crippen LogP contribution >= 0.6 is 15.9 Å². The number of halogens is 1. The molecule has 2 aromatic carbocycles. The van der Waals surface area contributed by atoms with Crippen LogP contribution < -0.4 is 4.74 Å². The Labute approximate surface area is 115 Å². The maximum absolute atomic E-state index is 12.3. The van der Waals surface area contributed by atoms with Crippen LogP contribution in [0.5, 0.6) is 5.75 Å². The number of hydrogen-bond acceptors (Lipinski definition) is 2. The molecule has 2 nitrogen and oxygen atoms in total. The third kappa shape index (κ3) is 2.46. The van der Waals surface area contributed by atoms with Gasteiger partial charge in [0.1, 0.15) is 5.75 Å². The fraction of sp³-hybridized carbons (Fsp3) is 0.133. The summed E-state index contributed by atoms with van der Waals surface area (Å²) in [5.41, 5.74) is 2.29. The summed E-state index contributed by atoms with van der Waals surface area (Å²) in [6.45, 7) is 1.93. The molecule has 0 atom stereocenters. The van der Waals surface area contributed by atoms with Gasteiger partial charge in [-0.1, -0.05) is 28.1 Å². The number of carbonyl (C=O) groups excluding carboxylic acids is 1. The Morgan fingerprint density at radius 3 is 2.50 bits per heavy atom. The van der Waals surface area contributed by atoms with E-state index in [-0.39, 0.29) is 5.78 Å². The molecule has 0 aromatic heterocycles. The Balaban J connectivity index is 2.41. The molecule has 2 aromatic rings. The van der Waals surface area contributed by atoms with E-state index in [0.717, 1.165) is 15.8 Å². The summed E-state index contributed by atoms with van der Waals surface area (Å²) >= 11 is 3.40. The number of carbonyl (C=O) groups is 1. The van der Waals surface area contributed by atoms with Crippen LogP contribution in [0.1, 0.15) is 21.5 Å². The smallest absolute Gasteiger partial charge is 0.194 e. The number of benzene rings is 2. The Morgan fingerprint density at radius 2 is 1.89 bits per heavy atom. The van der Waals surface area contributed by atoms with Gasteiger partial charge in [0.15, 0.2) is 5.78 Å². The minimum Gasteiger partial charge on any atom is -0.496 e. The molecule has 0 aliphatic heterocycles. The first-order valence-electron chi connectivity index (χ1n) is 5.57. The first kappa shape index (κ1) is 12.8. The Bertz CT molecular complexity index is 591. The summed E-state index contributed by atoms with van der Waals surface area (Å²) in [5.74, 6) is 0.798. The quantitative estimate of drug-likeness (QED) is 0.801. The molecule has 0 aliphatic rings. The second-order valence-electron chi connectivity index (χ2n) is 3.99. The highest BCUT2D eigenvalue weighted by molar-refractivity contribution is 9.10. The van der Waals surface area contributed by atoms with Crippen LogP contribution in [0.3, 0.4) is 0 Å². The molecule has 0 amide bonds. The average Bonchev–Trinajstić information content (AvgIpc) is 2.38. The molecule has 0 bridgehead atoms. The molecule has 0 aliphatic carbocycles. The van der Waals surface area contributed by atoms with Gasteiger partial charge < -0.3 is 4.74 Å². The molecule has 3 heteroatoms. The zero-order valence-corrected chi connectivity index (χ0v) is 11.8. The molecule has 2 rings (SSSR count). The van der Waals surface area contributed by atoms with E-state index in [9.17, 15) is 4.79 Å². The maximum Gasteiger partial charge on any atom is 0.194 e. The van der Waals surface area contributed by atoms with Gasteiger partial charge in [0.2, 0.25) is 0 Å². The lowest BCUT2D eigenvalue weighted by atomic mass is 10.0. The van der Waals surface area contributed by atoms with Gasteiger partial charge in [-0.15, -0.1) is 0 Å². The minimum atomic E-state index is 0.00762. The van der Waals surface area contributed by atoms with E-state index < -0.39 is 0 Å². The molecular weight excluding hydrogens is 292 g/mol. The van der Waals surface area contributed by atoms with Gasteiger partial charge in [-0.2, -0.15) is 0 Å². The Kier molecular flexibility index (Phi) is 3.82. The molecule has 0 radical (unpaired) electrons. The second kappa shape index (κ2) is 5.36. The van der Waals surface area contributed by atoms with Gasteiger partial charge >= 0.3 is 0 Å². The number of ketones is 1. The monoisotopic (exact) mass is 304 g/mol. The topological polar surface area (TPSA) is 26.3 Å². The predicted molar refractivity (Wildman–Crippen MR) is 75.3 cm³/mol. The SMILES string of the molecule is COc1ccc(C(=O)c2ccccc2Br)cc1C. The summed E-state index contributed by atoms with van der Waals surface area (Å²) in [7, 11) is 1.62. The normalized spacial score (nSPS) is 10.2. The van der Waals surface area contributed by atoms with Gasteiger partial charge in [-0.05, 0) is 42.8 Å². The van der Waals surface area contributed by atoms with Crippen LogP contribution in [-0.2, 0) is 0 Å². The van der Waals surface area contributed by atoms with Crippen molar-refractivity contribution in [2.24, 2.45) is 0 Å². The lowest BCUT2D eigenvalue weighted by Crippen LogP contribution is -2.03. The molecule has 0 heterocycles. The van der Waals surface area contributed by atoms with E-state index in [4.69, 9.17) is 4.74 Å². The number of rotatable bonds is 3. The summed E-state index contributed by atoms with van der Waals surface area (Å²) in [6.07, 6.45) is 0. The lowest BCUT2D eigenvalue weighted by Gasteiger charge is -2.07. The second-order valence-corrected chi connectivity index (χ2v) is 4.85. The molecule has 18 heavy (non-hydrogen) atoms. The van der Waals surface area contributed by atoms with Crippen molar-refractivity contribution in [3.63, 3.8) is 0 Å². The molecule has 0 fully saturated rings. The molecule has 0 saturated carbocycles. The van der Waals surface area contributed by atoms with Crippen molar-refractivity contribution in [3.8, 4) is 5.75 Å². The first-order valence-corrected chi connectivity index (χ1v) is 6.36. The largest absolute Gasteiger partial charge is 0.496 e. The van der Waals surface area contributed by atoms with Crippen molar-refractivity contribution in [2.75, 3.05) is 7.11 Å². The number of methoxy groups -OCH3 is 1. The van der Waals surface area contributed by atoms with Crippen LogP contribution in [0, 0.1) is 6.92 Å². The fourth-order valence-electron chi connectivity index (χ4n) is 1.82. The van der Waals surface area contributed by atoms with Crippen molar-refractivity contribution in [3.05, 3.63) is 63.6 Å². The Hall–Kier alpha value is -1.61. The fourth-order valence-corrected chi connectivity index (χ4v) is 2.29. The molecule has 92 valence electrons. The van der Waals surface area contributed by atoms with Crippen LogP contribution in [0.25, 0.3) is 0 Å². The van der Waals surface area contributed by atoms with E-state index >= 15 is 0 Å². The molecule has 0 saturated heterocycles. The van der Waals surface area contributed by atoms with E-state index in [1.54, 1.807) is 13.2 Å². The maximum atomic E-state index is 12.3. The van der Waals surface area contributed by atoms with Crippen LogP contribution in [-0.4, -0.2) is 12.9 Å². The van der Waals surface area contributed by atoms with Gasteiger partial charge in [0, 0.05) is 15.6 Å². The van der Waals surface area contributed by atoms with Crippen molar-refractivity contribution in [1.82, 2.24) is 0 Å². The minimum absolute atomic E-state index is 0.00762. The molecule has 0 unspecified atom stereocenters. The average molecular weight is 305 g/mol. The lowest BCUT2D eigenvalue weighted by molar-refractivity contribution is 0.103. The Morgan fingerprint density at radius 1 is 1.17 bits per heavy atom. The summed E-state index contributed by atoms with van der Waals surface area (Å²) in [4.78, 5) is 12.3. The standard InChI is InChI=1S/C15H13BrO2/c1-10-9-11(7-8-14(10)18-2)15(17)12-5-3-4-6-13(12)16/h3-9H,1-2H3. The molecular formula is C15H13BrO2. The molecule has 0 spiro atoms. The first-order chi connectivity index (χ1) is 8.63. The predicted octanol–water partition coefficient (Wildman–Crippen LogP) is 4.00. The van der Waals surface area contributed by atoms with Crippen LogP contribution in [0.15, 0.2) is 46.9 Å². The van der Waals surface area contributed by atoms with Gasteiger partial charge in [0.05, 0.1) is 7.11 Å². The van der Waals surface area contributed by atoms with E-state index in [0.29, 0.717) is 11.1 Å². The van der Waals surface area contributed by atoms with Crippen molar-refractivity contribution < 1.29 is 9.53 Å². The van der Waals surface area contributed by atoms with Crippen LogP contribution in [0.2, 0.25) is 0 Å². The van der Waals surface area contributed by atoms with E-state index in [1.807, 2.05) is 43.3 Å².